The van der Waals surface area contributed by atoms with Gasteiger partial charge in [-0.05, 0) is 42.6 Å². The molecule has 0 atom stereocenters. The summed E-state index contributed by atoms with van der Waals surface area (Å²) in [4.78, 5) is 14.0. The molecule has 0 radical (unpaired) electrons. The van der Waals surface area contributed by atoms with Crippen molar-refractivity contribution in [3.8, 4) is 11.5 Å². The minimum atomic E-state index is -0.240. The molecule has 5 nitrogen and oxygen atoms in total. The van der Waals surface area contributed by atoms with E-state index in [1.54, 1.807) is 12.1 Å². The Labute approximate surface area is 138 Å². The van der Waals surface area contributed by atoms with Crippen molar-refractivity contribution in [3.05, 3.63) is 59.8 Å². The monoisotopic (exact) mass is 326 g/mol. The summed E-state index contributed by atoms with van der Waals surface area (Å²) in [5, 5.41) is 12.7. The van der Waals surface area contributed by atoms with Crippen molar-refractivity contribution in [1.29, 1.82) is 0 Å². The van der Waals surface area contributed by atoms with Gasteiger partial charge < -0.3 is 15.2 Å². The van der Waals surface area contributed by atoms with Crippen LogP contribution < -0.4 is 15.0 Å². The Morgan fingerprint density at radius 1 is 1.22 bits per heavy atom. The predicted octanol–water partition coefficient (Wildman–Crippen LogP) is 2.66. The normalized spacial score (nSPS) is 15.9. The van der Waals surface area contributed by atoms with Crippen molar-refractivity contribution in [2.45, 2.75) is 0 Å². The molecule has 2 N–H and O–H groups in total. The second kappa shape index (κ2) is 6.10. The summed E-state index contributed by atoms with van der Waals surface area (Å²) in [7, 11) is 1.50. The van der Waals surface area contributed by atoms with Crippen LogP contribution in [0.25, 0.3) is 6.08 Å². The number of phenols is 1. The zero-order valence-corrected chi connectivity index (χ0v) is 13.1. The first-order valence-corrected chi connectivity index (χ1v) is 7.30. The van der Waals surface area contributed by atoms with Gasteiger partial charge in [-0.25, -0.2) is 0 Å². The minimum absolute atomic E-state index is 0.0936. The first kappa shape index (κ1) is 15.1. The van der Waals surface area contributed by atoms with Gasteiger partial charge in [-0.3, -0.25) is 9.69 Å². The van der Waals surface area contributed by atoms with Gasteiger partial charge in [-0.2, -0.15) is 0 Å². The molecule has 0 bridgehead atoms. The quantitative estimate of drug-likeness (QED) is 0.671. The van der Waals surface area contributed by atoms with Crippen LogP contribution in [0.3, 0.4) is 0 Å². The third-order valence-electron chi connectivity index (χ3n) is 3.41. The number of methoxy groups -OCH3 is 1. The van der Waals surface area contributed by atoms with Crippen molar-refractivity contribution in [2.75, 3.05) is 12.0 Å². The smallest absolute Gasteiger partial charge is 0.281 e. The van der Waals surface area contributed by atoms with Crippen LogP contribution in [0, 0.1) is 0 Å². The molecule has 0 spiro atoms. The van der Waals surface area contributed by atoms with Gasteiger partial charge in [0.25, 0.3) is 5.91 Å². The molecule has 6 heteroatoms. The van der Waals surface area contributed by atoms with Crippen LogP contribution in [0.4, 0.5) is 5.69 Å². The maximum Gasteiger partial charge on any atom is 0.281 e. The largest absolute Gasteiger partial charge is 0.508 e. The molecule has 0 unspecified atom stereocenters. The number of hydrogen-bond acceptors (Lipinski definition) is 4. The summed E-state index contributed by atoms with van der Waals surface area (Å²) in [6.45, 7) is 0. The Morgan fingerprint density at radius 2 is 1.96 bits per heavy atom. The number of nitrogens with one attached hydrogen (secondary N) is 1. The molecule has 3 rings (SSSR count). The van der Waals surface area contributed by atoms with Crippen molar-refractivity contribution >= 4 is 35.0 Å². The van der Waals surface area contributed by atoms with E-state index in [2.05, 4.69) is 5.32 Å². The van der Waals surface area contributed by atoms with Gasteiger partial charge in [0, 0.05) is 11.6 Å². The molecule has 1 amide bonds. The minimum Gasteiger partial charge on any atom is -0.508 e. The van der Waals surface area contributed by atoms with Gasteiger partial charge in [0.1, 0.15) is 17.2 Å². The lowest BCUT2D eigenvalue weighted by molar-refractivity contribution is -0.113. The van der Waals surface area contributed by atoms with Crippen molar-refractivity contribution in [3.63, 3.8) is 0 Å². The van der Waals surface area contributed by atoms with Crippen LogP contribution in [0.5, 0.6) is 11.5 Å². The molecule has 0 aliphatic carbocycles. The molecule has 116 valence electrons. The van der Waals surface area contributed by atoms with E-state index in [9.17, 15) is 9.90 Å². The summed E-state index contributed by atoms with van der Waals surface area (Å²) < 4.78 is 5.22. The maximum absolute atomic E-state index is 12.6. The first-order valence-electron chi connectivity index (χ1n) is 6.89. The first-order chi connectivity index (χ1) is 11.1. The number of rotatable bonds is 3. The molecule has 1 saturated heterocycles. The number of amides is 1. The van der Waals surface area contributed by atoms with Gasteiger partial charge in [-0.15, -0.1) is 0 Å². The second-order valence-electron chi connectivity index (χ2n) is 4.89. The van der Waals surface area contributed by atoms with E-state index in [4.69, 9.17) is 17.0 Å². The number of thiocarbonyl (C=S) groups is 1. The molecule has 1 fully saturated rings. The van der Waals surface area contributed by atoms with Crippen LogP contribution >= 0.6 is 12.2 Å². The van der Waals surface area contributed by atoms with Crippen LogP contribution in [0.2, 0.25) is 0 Å². The SMILES string of the molecule is COc1cc(O)ccc1/C=C1\NC(=S)N(c2ccccc2)C1=O. The molecule has 1 heterocycles. The van der Waals surface area contributed by atoms with E-state index in [-0.39, 0.29) is 11.7 Å². The molecule has 0 aromatic heterocycles. The standard InChI is InChI=1S/C17H14N2O3S/c1-22-15-10-13(20)8-7-11(15)9-14-16(21)19(17(23)18-14)12-5-3-2-4-6-12/h2-10,20H,1H3,(H,18,23)/b14-9-. The fraction of sp³-hybridized carbons (Fsp3) is 0.0588. The third-order valence-corrected chi connectivity index (χ3v) is 3.69. The van der Waals surface area contributed by atoms with E-state index in [0.717, 1.165) is 0 Å². The number of carbonyl (C=O) groups is 1. The third kappa shape index (κ3) is 2.89. The van der Waals surface area contributed by atoms with E-state index in [0.29, 0.717) is 27.8 Å². The topological polar surface area (TPSA) is 61.8 Å². The molecular weight excluding hydrogens is 312 g/mol. The predicted molar refractivity (Wildman–Crippen MR) is 92.3 cm³/mol. The lowest BCUT2D eigenvalue weighted by Crippen LogP contribution is -2.30. The number of nitrogens with zero attached hydrogens (tertiary/aromatic N) is 1. The lowest BCUT2D eigenvalue weighted by atomic mass is 10.1. The molecular formula is C17H14N2O3S. The molecule has 1 aliphatic heterocycles. The van der Waals surface area contributed by atoms with E-state index in [1.807, 2.05) is 30.3 Å². The molecule has 2 aromatic carbocycles. The zero-order valence-electron chi connectivity index (χ0n) is 12.3. The van der Waals surface area contributed by atoms with Crippen LogP contribution in [-0.4, -0.2) is 23.2 Å². The molecule has 23 heavy (non-hydrogen) atoms. The van der Waals surface area contributed by atoms with Crippen LogP contribution in [-0.2, 0) is 4.79 Å². The summed E-state index contributed by atoms with van der Waals surface area (Å²) in [5.41, 5.74) is 1.72. The second-order valence-corrected chi connectivity index (χ2v) is 5.28. The maximum atomic E-state index is 12.6. The summed E-state index contributed by atoms with van der Waals surface area (Å²) in [6, 6.07) is 13.9. The number of benzene rings is 2. The average Bonchev–Trinajstić information content (AvgIpc) is 2.84. The number of anilines is 1. The van der Waals surface area contributed by atoms with Crippen LogP contribution in [0.15, 0.2) is 54.2 Å². The average molecular weight is 326 g/mol. The highest BCUT2D eigenvalue weighted by atomic mass is 32.1. The van der Waals surface area contributed by atoms with Crippen molar-refractivity contribution in [2.24, 2.45) is 0 Å². The van der Waals surface area contributed by atoms with Gasteiger partial charge in [0.2, 0.25) is 0 Å². The van der Waals surface area contributed by atoms with E-state index < -0.39 is 0 Å². The molecule has 0 saturated carbocycles. The molecule has 1 aliphatic rings. The number of phenolic OH excluding ortho intramolecular Hbond substituents is 1. The van der Waals surface area contributed by atoms with Crippen molar-refractivity contribution in [1.82, 2.24) is 5.32 Å². The number of ether oxygens (including phenoxy) is 1. The number of carbonyl (C=O) groups excluding carboxylic acids is 1. The van der Waals surface area contributed by atoms with Gasteiger partial charge in [-0.1, -0.05) is 18.2 Å². The Balaban J connectivity index is 1.96. The Hall–Kier alpha value is -2.86. The zero-order chi connectivity index (χ0) is 16.4. The Kier molecular flexibility index (Phi) is 3.99. The highest BCUT2D eigenvalue weighted by Crippen LogP contribution is 2.28. The number of hydrogen-bond donors (Lipinski definition) is 2. The van der Waals surface area contributed by atoms with Crippen LogP contribution in [0.1, 0.15) is 5.56 Å². The molecule has 2 aromatic rings. The summed E-state index contributed by atoms with van der Waals surface area (Å²) >= 11 is 5.26. The summed E-state index contributed by atoms with van der Waals surface area (Å²) in [6.07, 6.45) is 1.65. The highest BCUT2D eigenvalue weighted by Gasteiger charge is 2.31. The Morgan fingerprint density at radius 3 is 2.65 bits per heavy atom. The lowest BCUT2D eigenvalue weighted by Gasteiger charge is -2.13. The van der Waals surface area contributed by atoms with E-state index in [1.165, 1.54) is 24.1 Å². The fourth-order valence-corrected chi connectivity index (χ4v) is 2.62. The number of para-hydroxylation sites is 1. The van der Waals surface area contributed by atoms with Gasteiger partial charge in [0.05, 0.1) is 12.8 Å². The highest BCUT2D eigenvalue weighted by molar-refractivity contribution is 7.80. The fourth-order valence-electron chi connectivity index (χ4n) is 2.32. The van der Waals surface area contributed by atoms with Crippen molar-refractivity contribution < 1.29 is 14.6 Å². The van der Waals surface area contributed by atoms with Gasteiger partial charge in [0.15, 0.2) is 5.11 Å². The van der Waals surface area contributed by atoms with E-state index >= 15 is 0 Å². The van der Waals surface area contributed by atoms with Gasteiger partial charge >= 0.3 is 0 Å². The Bertz CT molecular complexity index is 803. The number of aromatic hydroxyl groups is 1. The summed E-state index contributed by atoms with van der Waals surface area (Å²) in [5.74, 6) is 0.323.